The summed E-state index contributed by atoms with van der Waals surface area (Å²) in [4.78, 5) is 11.7. The third kappa shape index (κ3) is 7.33. The second-order valence-electron chi connectivity index (χ2n) is 5.17. The standard InChI is InChI=1S/C15H23BrN2O/c1-11(17)4-3-5-15(19)18-12(2)10-13-6-8-14(16)9-7-13/h6-9,11-12H,3-5,10,17H2,1-2H3,(H,18,19). The van der Waals surface area contributed by atoms with Gasteiger partial charge in [-0.25, -0.2) is 0 Å². The SMILES string of the molecule is CC(N)CCCC(=O)NC(C)Cc1ccc(Br)cc1. The highest BCUT2D eigenvalue weighted by atomic mass is 79.9. The molecule has 3 N–H and O–H groups in total. The first-order valence-electron chi connectivity index (χ1n) is 6.76. The molecule has 0 radical (unpaired) electrons. The minimum Gasteiger partial charge on any atom is -0.353 e. The van der Waals surface area contributed by atoms with E-state index in [1.165, 1.54) is 5.56 Å². The molecule has 1 aromatic rings. The van der Waals surface area contributed by atoms with Crippen LogP contribution in [0.5, 0.6) is 0 Å². The van der Waals surface area contributed by atoms with E-state index in [-0.39, 0.29) is 18.0 Å². The van der Waals surface area contributed by atoms with E-state index in [2.05, 4.69) is 33.4 Å². The van der Waals surface area contributed by atoms with Crippen molar-refractivity contribution >= 4 is 21.8 Å². The second-order valence-corrected chi connectivity index (χ2v) is 6.08. The van der Waals surface area contributed by atoms with Gasteiger partial charge in [0.15, 0.2) is 0 Å². The van der Waals surface area contributed by atoms with Gasteiger partial charge in [-0.05, 0) is 50.8 Å². The van der Waals surface area contributed by atoms with E-state index < -0.39 is 0 Å². The Morgan fingerprint density at radius 2 is 1.95 bits per heavy atom. The Balaban J connectivity index is 2.28. The summed E-state index contributed by atoms with van der Waals surface area (Å²) < 4.78 is 1.07. The number of halogens is 1. The van der Waals surface area contributed by atoms with Crippen molar-refractivity contribution in [2.24, 2.45) is 5.73 Å². The third-order valence-corrected chi connectivity index (χ3v) is 3.45. The summed E-state index contributed by atoms with van der Waals surface area (Å²) in [6.07, 6.45) is 3.17. The van der Waals surface area contributed by atoms with Crippen LogP contribution in [0.25, 0.3) is 0 Å². The molecule has 1 rings (SSSR count). The highest BCUT2D eigenvalue weighted by molar-refractivity contribution is 9.10. The molecule has 0 aliphatic carbocycles. The molecule has 1 amide bonds. The number of carbonyl (C=O) groups excluding carboxylic acids is 1. The first-order valence-corrected chi connectivity index (χ1v) is 7.56. The van der Waals surface area contributed by atoms with Crippen LogP contribution >= 0.6 is 15.9 Å². The van der Waals surface area contributed by atoms with Crippen LogP contribution < -0.4 is 11.1 Å². The van der Waals surface area contributed by atoms with Crippen molar-refractivity contribution in [3.05, 3.63) is 34.3 Å². The zero-order valence-electron chi connectivity index (χ0n) is 11.7. The van der Waals surface area contributed by atoms with Crippen LogP contribution in [0.2, 0.25) is 0 Å². The molecule has 19 heavy (non-hydrogen) atoms. The van der Waals surface area contributed by atoms with Gasteiger partial charge in [0.25, 0.3) is 0 Å². The van der Waals surface area contributed by atoms with Crippen molar-refractivity contribution in [1.29, 1.82) is 0 Å². The number of hydrogen-bond acceptors (Lipinski definition) is 2. The summed E-state index contributed by atoms with van der Waals surface area (Å²) in [7, 11) is 0. The van der Waals surface area contributed by atoms with Gasteiger partial charge < -0.3 is 11.1 Å². The van der Waals surface area contributed by atoms with Gasteiger partial charge in [0, 0.05) is 23.0 Å². The Hall–Kier alpha value is -0.870. The molecule has 0 bridgehead atoms. The van der Waals surface area contributed by atoms with E-state index in [0.29, 0.717) is 6.42 Å². The molecule has 0 fully saturated rings. The molecule has 2 unspecified atom stereocenters. The Morgan fingerprint density at radius 1 is 1.32 bits per heavy atom. The van der Waals surface area contributed by atoms with Crippen LogP contribution in [0.15, 0.2) is 28.7 Å². The highest BCUT2D eigenvalue weighted by Gasteiger charge is 2.08. The van der Waals surface area contributed by atoms with Crippen molar-refractivity contribution in [2.45, 2.75) is 51.6 Å². The molecular weight excluding hydrogens is 304 g/mol. The second kappa shape index (κ2) is 8.33. The third-order valence-electron chi connectivity index (χ3n) is 2.93. The molecule has 2 atom stereocenters. The highest BCUT2D eigenvalue weighted by Crippen LogP contribution is 2.12. The summed E-state index contributed by atoms with van der Waals surface area (Å²) in [5.74, 6) is 0.116. The maximum absolute atomic E-state index is 11.7. The molecule has 0 aromatic heterocycles. The number of carbonyl (C=O) groups is 1. The fourth-order valence-electron chi connectivity index (χ4n) is 1.96. The molecule has 4 heteroatoms. The summed E-state index contributed by atoms with van der Waals surface area (Å²) in [6.45, 7) is 4.00. The van der Waals surface area contributed by atoms with Crippen LogP contribution in [0, 0.1) is 0 Å². The Morgan fingerprint density at radius 3 is 2.53 bits per heavy atom. The lowest BCUT2D eigenvalue weighted by Crippen LogP contribution is -2.34. The lowest BCUT2D eigenvalue weighted by atomic mass is 10.1. The largest absolute Gasteiger partial charge is 0.353 e. The molecule has 3 nitrogen and oxygen atoms in total. The lowest BCUT2D eigenvalue weighted by molar-refractivity contribution is -0.121. The average molecular weight is 327 g/mol. The minimum absolute atomic E-state index is 0.116. The van der Waals surface area contributed by atoms with Crippen LogP contribution in [0.4, 0.5) is 0 Å². The Kier molecular flexibility index (Phi) is 7.10. The summed E-state index contributed by atoms with van der Waals surface area (Å²) in [5, 5.41) is 3.03. The van der Waals surface area contributed by atoms with Gasteiger partial charge in [0.1, 0.15) is 0 Å². The quantitative estimate of drug-likeness (QED) is 0.809. The molecule has 0 aliphatic rings. The topological polar surface area (TPSA) is 55.1 Å². The van der Waals surface area contributed by atoms with Crippen molar-refractivity contribution in [2.75, 3.05) is 0 Å². The number of amides is 1. The summed E-state index contributed by atoms with van der Waals surface area (Å²) in [5.41, 5.74) is 6.89. The number of nitrogens with two attached hydrogens (primary N) is 1. The maximum atomic E-state index is 11.7. The lowest BCUT2D eigenvalue weighted by Gasteiger charge is -2.14. The molecule has 0 heterocycles. The molecule has 0 saturated heterocycles. The van der Waals surface area contributed by atoms with Gasteiger partial charge >= 0.3 is 0 Å². The minimum atomic E-state index is 0.116. The summed E-state index contributed by atoms with van der Waals surface area (Å²) >= 11 is 3.41. The van der Waals surface area contributed by atoms with Gasteiger partial charge in [-0.15, -0.1) is 0 Å². The predicted octanol–water partition coefficient (Wildman–Crippen LogP) is 3.01. The van der Waals surface area contributed by atoms with Crippen molar-refractivity contribution in [1.82, 2.24) is 5.32 Å². The smallest absolute Gasteiger partial charge is 0.220 e. The van der Waals surface area contributed by atoms with Crippen LogP contribution in [0.3, 0.4) is 0 Å². The number of benzene rings is 1. The van der Waals surface area contributed by atoms with E-state index in [1.54, 1.807) is 0 Å². The van der Waals surface area contributed by atoms with Crippen molar-refractivity contribution < 1.29 is 4.79 Å². The van der Waals surface area contributed by atoms with E-state index in [1.807, 2.05) is 26.0 Å². The maximum Gasteiger partial charge on any atom is 0.220 e. The van der Waals surface area contributed by atoms with Crippen LogP contribution in [-0.2, 0) is 11.2 Å². The monoisotopic (exact) mass is 326 g/mol. The Labute approximate surface area is 124 Å². The zero-order valence-corrected chi connectivity index (χ0v) is 13.2. The first kappa shape index (κ1) is 16.2. The number of rotatable bonds is 7. The van der Waals surface area contributed by atoms with E-state index >= 15 is 0 Å². The van der Waals surface area contributed by atoms with E-state index in [4.69, 9.17) is 5.73 Å². The normalized spacial score (nSPS) is 13.9. The van der Waals surface area contributed by atoms with Crippen molar-refractivity contribution in [3.8, 4) is 0 Å². The molecule has 0 spiro atoms. The number of hydrogen-bond donors (Lipinski definition) is 2. The molecule has 106 valence electrons. The number of nitrogens with one attached hydrogen (secondary N) is 1. The van der Waals surface area contributed by atoms with Gasteiger partial charge in [-0.1, -0.05) is 28.1 Å². The van der Waals surface area contributed by atoms with Gasteiger partial charge in [0.05, 0.1) is 0 Å². The molecule has 0 saturated carbocycles. The van der Waals surface area contributed by atoms with E-state index in [0.717, 1.165) is 23.7 Å². The fourth-order valence-corrected chi connectivity index (χ4v) is 2.22. The molecule has 1 aromatic carbocycles. The molecular formula is C15H23BrN2O. The average Bonchev–Trinajstić information content (AvgIpc) is 2.31. The van der Waals surface area contributed by atoms with E-state index in [9.17, 15) is 4.79 Å². The van der Waals surface area contributed by atoms with Gasteiger partial charge in [0.2, 0.25) is 5.91 Å². The van der Waals surface area contributed by atoms with Gasteiger partial charge in [-0.2, -0.15) is 0 Å². The summed E-state index contributed by atoms with van der Waals surface area (Å²) in [6, 6.07) is 8.52. The Bertz CT molecular complexity index is 390. The zero-order chi connectivity index (χ0) is 14.3. The van der Waals surface area contributed by atoms with Gasteiger partial charge in [-0.3, -0.25) is 4.79 Å². The predicted molar refractivity (Wildman–Crippen MR) is 83.0 cm³/mol. The van der Waals surface area contributed by atoms with Crippen LogP contribution in [0.1, 0.15) is 38.7 Å². The van der Waals surface area contributed by atoms with Crippen LogP contribution in [-0.4, -0.2) is 18.0 Å². The molecule has 0 aliphatic heterocycles. The van der Waals surface area contributed by atoms with Crippen molar-refractivity contribution in [3.63, 3.8) is 0 Å². The first-order chi connectivity index (χ1) is 8.97. The fraction of sp³-hybridized carbons (Fsp3) is 0.533.